The number of halogens is 1. The van der Waals surface area contributed by atoms with Crippen molar-refractivity contribution in [1.29, 1.82) is 0 Å². The first-order valence-electron chi connectivity index (χ1n) is 6.85. The van der Waals surface area contributed by atoms with Gasteiger partial charge < -0.3 is 10.6 Å². The summed E-state index contributed by atoms with van der Waals surface area (Å²) >= 11 is 3.38. The highest BCUT2D eigenvalue weighted by Crippen LogP contribution is 2.20. The molecule has 116 valence electrons. The molecule has 1 amide bonds. The van der Waals surface area contributed by atoms with E-state index in [1.807, 2.05) is 25.1 Å². The molecular formula is C14H19BrN2O3S. The van der Waals surface area contributed by atoms with Crippen LogP contribution in [0.15, 0.2) is 22.7 Å². The van der Waals surface area contributed by atoms with Gasteiger partial charge in [-0.15, -0.1) is 0 Å². The number of benzene rings is 1. The van der Waals surface area contributed by atoms with E-state index in [1.54, 1.807) is 0 Å². The van der Waals surface area contributed by atoms with Crippen molar-refractivity contribution in [3.05, 3.63) is 28.2 Å². The Morgan fingerprint density at radius 3 is 2.81 bits per heavy atom. The van der Waals surface area contributed by atoms with Crippen LogP contribution in [-0.2, 0) is 14.6 Å². The molecule has 1 fully saturated rings. The lowest BCUT2D eigenvalue weighted by Crippen LogP contribution is -2.32. The Labute approximate surface area is 133 Å². The zero-order chi connectivity index (χ0) is 15.5. The Morgan fingerprint density at radius 1 is 1.43 bits per heavy atom. The average Bonchev–Trinajstić information content (AvgIpc) is 2.72. The van der Waals surface area contributed by atoms with Crippen molar-refractivity contribution in [2.24, 2.45) is 0 Å². The molecule has 2 N–H and O–H groups in total. The van der Waals surface area contributed by atoms with E-state index < -0.39 is 9.84 Å². The lowest BCUT2D eigenvalue weighted by Gasteiger charge is -2.11. The van der Waals surface area contributed by atoms with E-state index >= 15 is 0 Å². The molecule has 0 aliphatic carbocycles. The Bertz CT molecular complexity index is 631. The van der Waals surface area contributed by atoms with Crippen molar-refractivity contribution in [2.45, 2.75) is 25.8 Å². The highest BCUT2D eigenvalue weighted by molar-refractivity contribution is 9.10. The van der Waals surface area contributed by atoms with E-state index in [4.69, 9.17) is 0 Å². The smallest absolute Gasteiger partial charge is 0.225 e. The molecule has 1 aromatic carbocycles. The minimum absolute atomic E-state index is 0.0165. The van der Waals surface area contributed by atoms with Crippen LogP contribution in [-0.4, -0.2) is 38.4 Å². The van der Waals surface area contributed by atoms with Gasteiger partial charge in [-0.2, -0.15) is 0 Å². The molecule has 1 unspecified atom stereocenters. The Morgan fingerprint density at radius 2 is 2.19 bits per heavy atom. The maximum atomic E-state index is 11.9. The van der Waals surface area contributed by atoms with Gasteiger partial charge in [-0.3, -0.25) is 4.79 Å². The van der Waals surface area contributed by atoms with Crippen molar-refractivity contribution >= 4 is 37.4 Å². The first kappa shape index (κ1) is 16.5. The number of anilines is 1. The lowest BCUT2D eigenvalue weighted by molar-refractivity contribution is -0.116. The van der Waals surface area contributed by atoms with Crippen LogP contribution in [0.1, 0.15) is 18.4 Å². The summed E-state index contributed by atoms with van der Waals surface area (Å²) in [6.45, 7) is 2.42. The zero-order valence-corrected chi connectivity index (χ0v) is 14.3. The first-order valence-corrected chi connectivity index (χ1v) is 9.47. The van der Waals surface area contributed by atoms with E-state index in [-0.39, 0.29) is 23.5 Å². The van der Waals surface area contributed by atoms with Crippen LogP contribution < -0.4 is 10.6 Å². The predicted molar refractivity (Wildman–Crippen MR) is 87.2 cm³/mol. The zero-order valence-electron chi connectivity index (χ0n) is 11.9. The monoisotopic (exact) mass is 374 g/mol. The molecule has 7 heteroatoms. The molecular weight excluding hydrogens is 356 g/mol. The summed E-state index contributed by atoms with van der Waals surface area (Å²) in [5.74, 6) is 0.351. The molecule has 1 aromatic rings. The molecule has 1 saturated heterocycles. The second-order valence-electron chi connectivity index (χ2n) is 5.31. The Balaban J connectivity index is 1.75. The van der Waals surface area contributed by atoms with Crippen LogP contribution in [0.2, 0.25) is 0 Å². The number of hydrogen-bond acceptors (Lipinski definition) is 4. The minimum atomic E-state index is -2.87. The summed E-state index contributed by atoms with van der Waals surface area (Å²) < 4.78 is 23.6. The van der Waals surface area contributed by atoms with E-state index in [2.05, 4.69) is 26.6 Å². The topological polar surface area (TPSA) is 75.3 Å². The van der Waals surface area contributed by atoms with Crippen molar-refractivity contribution in [1.82, 2.24) is 5.32 Å². The van der Waals surface area contributed by atoms with Crippen molar-refractivity contribution in [3.63, 3.8) is 0 Å². The second kappa shape index (κ2) is 6.89. The highest BCUT2D eigenvalue weighted by Gasteiger charge is 2.27. The minimum Gasteiger partial charge on any atom is -0.326 e. The molecule has 21 heavy (non-hydrogen) atoms. The van der Waals surface area contributed by atoms with Gasteiger partial charge in [0.15, 0.2) is 9.84 Å². The molecule has 1 aliphatic rings. The van der Waals surface area contributed by atoms with Crippen molar-refractivity contribution in [3.8, 4) is 0 Å². The van der Waals surface area contributed by atoms with Crippen LogP contribution in [0.4, 0.5) is 5.69 Å². The van der Waals surface area contributed by atoms with E-state index in [0.29, 0.717) is 19.4 Å². The fraction of sp³-hybridized carbons (Fsp3) is 0.500. The van der Waals surface area contributed by atoms with Gasteiger partial charge in [-0.25, -0.2) is 8.42 Å². The standard InChI is InChI=1S/C14H19BrN2O3S/c1-10-8-11(15)2-3-13(10)17-14(18)4-6-16-12-5-7-21(19,20)9-12/h2-3,8,12,16H,4-7,9H2,1H3,(H,17,18). The van der Waals surface area contributed by atoms with Crippen LogP contribution in [0.5, 0.6) is 0 Å². The normalized spacial score (nSPS) is 20.4. The molecule has 0 radical (unpaired) electrons. The summed E-state index contributed by atoms with van der Waals surface area (Å²) in [6.07, 6.45) is 0.960. The van der Waals surface area contributed by atoms with Crippen molar-refractivity contribution < 1.29 is 13.2 Å². The summed E-state index contributed by atoms with van der Waals surface area (Å²) in [4.78, 5) is 11.9. The number of aryl methyl sites for hydroxylation is 1. The average molecular weight is 375 g/mol. The molecule has 0 bridgehead atoms. The fourth-order valence-electron chi connectivity index (χ4n) is 2.33. The number of carbonyl (C=O) groups is 1. The molecule has 1 aliphatic heterocycles. The number of sulfone groups is 1. The van der Waals surface area contributed by atoms with E-state index in [9.17, 15) is 13.2 Å². The quantitative estimate of drug-likeness (QED) is 0.824. The number of rotatable bonds is 5. The molecule has 0 saturated carbocycles. The number of amides is 1. The van der Waals surface area contributed by atoms with Gasteiger partial charge in [-0.05, 0) is 37.1 Å². The molecule has 1 atom stereocenters. The summed E-state index contributed by atoms with van der Waals surface area (Å²) in [7, 11) is -2.87. The molecule has 1 heterocycles. The highest BCUT2D eigenvalue weighted by atomic mass is 79.9. The van der Waals surface area contributed by atoms with Gasteiger partial charge in [0.1, 0.15) is 0 Å². The van der Waals surface area contributed by atoms with Crippen LogP contribution in [0, 0.1) is 6.92 Å². The van der Waals surface area contributed by atoms with Crippen molar-refractivity contribution in [2.75, 3.05) is 23.4 Å². The SMILES string of the molecule is Cc1cc(Br)ccc1NC(=O)CCNC1CCS(=O)(=O)C1. The third kappa shape index (κ3) is 5.09. The maximum Gasteiger partial charge on any atom is 0.225 e. The molecule has 2 rings (SSSR count). The number of nitrogens with one attached hydrogen (secondary N) is 2. The summed E-state index contributed by atoms with van der Waals surface area (Å²) in [6, 6.07) is 5.66. The summed E-state index contributed by atoms with van der Waals surface area (Å²) in [5, 5.41) is 5.99. The van der Waals surface area contributed by atoms with E-state index in [0.717, 1.165) is 15.7 Å². The third-order valence-electron chi connectivity index (χ3n) is 3.48. The lowest BCUT2D eigenvalue weighted by atomic mass is 10.2. The Hall–Kier alpha value is -0.920. The molecule has 0 spiro atoms. The van der Waals surface area contributed by atoms with Gasteiger partial charge in [0.25, 0.3) is 0 Å². The first-order chi connectivity index (χ1) is 9.85. The number of hydrogen-bond donors (Lipinski definition) is 2. The third-order valence-corrected chi connectivity index (χ3v) is 5.74. The number of carbonyl (C=O) groups excluding carboxylic acids is 1. The molecule has 0 aromatic heterocycles. The van der Waals surface area contributed by atoms with Crippen LogP contribution >= 0.6 is 15.9 Å². The Kier molecular flexibility index (Phi) is 5.40. The van der Waals surface area contributed by atoms with Gasteiger partial charge in [-0.1, -0.05) is 15.9 Å². The van der Waals surface area contributed by atoms with Gasteiger partial charge in [0.2, 0.25) is 5.91 Å². The summed E-state index contributed by atoms with van der Waals surface area (Å²) in [5.41, 5.74) is 1.79. The predicted octanol–water partition coefficient (Wildman–Crippen LogP) is 1.86. The maximum absolute atomic E-state index is 11.9. The largest absolute Gasteiger partial charge is 0.326 e. The van der Waals surface area contributed by atoms with Gasteiger partial charge in [0, 0.05) is 29.2 Å². The van der Waals surface area contributed by atoms with Crippen LogP contribution in [0.3, 0.4) is 0 Å². The van der Waals surface area contributed by atoms with Gasteiger partial charge in [0.05, 0.1) is 11.5 Å². The van der Waals surface area contributed by atoms with E-state index in [1.165, 1.54) is 0 Å². The second-order valence-corrected chi connectivity index (χ2v) is 8.46. The van der Waals surface area contributed by atoms with Gasteiger partial charge >= 0.3 is 0 Å². The van der Waals surface area contributed by atoms with Crippen LogP contribution in [0.25, 0.3) is 0 Å². The fourth-order valence-corrected chi connectivity index (χ4v) is 4.51. The molecule has 5 nitrogen and oxygen atoms in total.